The third kappa shape index (κ3) is 4.70. The quantitative estimate of drug-likeness (QED) is 0.269. The zero-order valence-electron chi connectivity index (χ0n) is 13.7. The number of rotatable bonds is 7. The summed E-state index contributed by atoms with van der Waals surface area (Å²) in [7, 11) is 0. The average molecular weight is 377 g/mol. The number of nitrogens with zero attached hydrogens (tertiary/aromatic N) is 4. The number of hydrogen-bond acceptors (Lipinski definition) is 6. The number of aryl methyl sites for hydroxylation is 1. The van der Waals surface area contributed by atoms with Gasteiger partial charge in [-0.2, -0.15) is 0 Å². The SMILES string of the molecule is CC(=O)OCCCCn1cnc2c(Cl)nc(Sc3ccccc3)nc21. The van der Waals surface area contributed by atoms with Crippen LogP contribution in [0.15, 0.2) is 46.7 Å². The molecule has 8 heteroatoms. The molecule has 6 nitrogen and oxygen atoms in total. The van der Waals surface area contributed by atoms with E-state index in [2.05, 4.69) is 15.0 Å². The highest BCUT2D eigenvalue weighted by Crippen LogP contribution is 2.28. The predicted octanol–water partition coefficient (Wildman–Crippen LogP) is 3.97. The molecule has 0 unspecified atom stereocenters. The van der Waals surface area contributed by atoms with Crippen molar-refractivity contribution >= 4 is 40.5 Å². The maximum atomic E-state index is 10.8. The molecule has 0 fully saturated rings. The minimum Gasteiger partial charge on any atom is -0.466 e. The molecule has 0 amide bonds. The van der Waals surface area contributed by atoms with Crippen molar-refractivity contribution in [2.75, 3.05) is 6.61 Å². The first kappa shape index (κ1) is 17.7. The number of imidazole rings is 1. The Hall–Kier alpha value is -2.12. The zero-order valence-corrected chi connectivity index (χ0v) is 15.3. The second kappa shape index (κ2) is 8.31. The first-order valence-corrected chi connectivity index (χ1v) is 9.07. The number of benzene rings is 1. The Bertz CT molecular complexity index is 870. The van der Waals surface area contributed by atoms with Gasteiger partial charge in [-0.1, -0.05) is 29.8 Å². The van der Waals surface area contributed by atoms with Gasteiger partial charge in [0.1, 0.15) is 5.52 Å². The Labute approximate surface area is 154 Å². The number of fused-ring (bicyclic) bond motifs is 1. The summed E-state index contributed by atoms with van der Waals surface area (Å²) in [6, 6.07) is 9.90. The van der Waals surface area contributed by atoms with Crippen LogP contribution in [-0.2, 0) is 16.1 Å². The number of esters is 1. The van der Waals surface area contributed by atoms with Crippen LogP contribution in [-0.4, -0.2) is 32.1 Å². The highest BCUT2D eigenvalue weighted by atomic mass is 35.5. The normalized spacial score (nSPS) is 11.0. The summed E-state index contributed by atoms with van der Waals surface area (Å²) in [5.74, 6) is -0.254. The van der Waals surface area contributed by atoms with E-state index in [0.717, 1.165) is 24.3 Å². The van der Waals surface area contributed by atoms with Crippen LogP contribution in [0.3, 0.4) is 0 Å². The first-order chi connectivity index (χ1) is 12.1. The van der Waals surface area contributed by atoms with Gasteiger partial charge in [-0.3, -0.25) is 4.79 Å². The molecule has 0 saturated heterocycles. The van der Waals surface area contributed by atoms with Crippen LogP contribution in [0.25, 0.3) is 11.2 Å². The fraction of sp³-hybridized carbons (Fsp3) is 0.294. The summed E-state index contributed by atoms with van der Waals surface area (Å²) >= 11 is 7.72. The number of carbonyl (C=O) groups is 1. The van der Waals surface area contributed by atoms with Crippen molar-refractivity contribution in [1.29, 1.82) is 0 Å². The van der Waals surface area contributed by atoms with Crippen LogP contribution in [0.1, 0.15) is 19.8 Å². The number of hydrogen-bond donors (Lipinski definition) is 0. The highest BCUT2D eigenvalue weighted by Gasteiger charge is 2.12. The second-order valence-electron chi connectivity index (χ2n) is 5.37. The molecule has 0 saturated carbocycles. The molecule has 0 aliphatic carbocycles. The molecule has 0 bridgehead atoms. The van der Waals surface area contributed by atoms with Gasteiger partial charge in [-0.25, -0.2) is 15.0 Å². The molecule has 1 aromatic carbocycles. The Balaban J connectivity index is 1.73. The van der Waals surface area contributed by atoms with E-state index >= 15 is 0 Å². The van der Waals surface area contributed by atoms with Crippen molar-refractivity contribution in [3.63, 3.8) is 0 Å². The van der Waals surface area contributed by atoms with E-state index in [1.807, 2.05) is 34.9 Å². The van der Waals surface area contributed by atoms with E-state index in [1.165, 1.54) is 18.7 Å². The fourth-order valence-electron chi connectivity index (χ4n) is 2.29. The van der Waals surface area contributed by atoms with E-state index in [1.54, 1.807) is 6.33 Å². The fourth-order valence-corrected chi connectivity index (χ4v) is 3.33. The molecule has 130 valence electrons. The Morgan fingerprint density at radius 1 is 1.24 bits per heavy atom. The van der Waals surface area contributed by atoms with Crippen molar-refractivity contribution in [2.24, 2.45) is 0 Å². The molecule has 3 aromatic rings. The Morgan fingerprint density at radius 2 is 2.04 bits per heavy atom. The second-order valence-corrected chi connectivity index (χ2v) is 6.77. The van der Waals surface area contributed by atoms with Crippen LogP contribution in [0.2, 0.25) is 5.15 Å². The molecule has 0 aliphatic heterocycles. The van der Waals surface area contributed by atoms with Gasteiger partial charge < -0.3 is 9.30 Å². The number of ether oxygens (including phenoxy) is 1. The van der Waals surface area contributed by atoms with Gasteiger partial charge in [0.15, 0.2) is 16.0 Å². The van der Waals surface area contributed by atoms with Gasteiger partial charge in [0.05, 0.1) is 12.9 Å². The molecule has 0 spiro atoms. The van der Waals surface area contributed by atoms with Crippen LogP contribution < -0.4 is 0 Å². The van der Waals surface area contributed by atoms with Crippen LogP contribution in [0.5, 0.6) is 0 Å². The largest absolute Gasteiger partial charge is 0.466 e. The van der Waals surface area contributed by atoms with E-state index in [0.29, 0.717) is 28.1 Å². The zero-order chi connectivity index (χ0) is 17.6. The number of unbranched alkanes of at least 4 members (excludes halogenated alkanes) is 1. The minimum absolute atomic E-state index is 0.254. The summed E-state index contributed by atoms with van der Waals surface area (Å²) < 4.78 is 6.89. The lowest BCUT2D eigenvalue weighted by atomic mass is 10.3. The monoisotopic (exact) mass is 376 g/mol. The van der Waals surface area contributed by atoms with Gasteiger partial charge in [0.25, 0.3) is 0 Å². The molecule has 0 aliphatic rings. The topological polar surface area (TPSA) is 69.9 Å². The molecular weight excluding hydrogens is 360 g/mol. The minimum atomic E-state index is -0.254. The van der Waals surface area contributed by atoms with E-state index in [-0.39, 0.29) is 5.97 Å². The predicted molar refractivity (Wildman–Crippen MR) is 96.8 cm³/mol. The van der Waals surface area contributed by atoms with Gasteiger partial charge in [0.2, 0.25) is 0 Å². The standard InChI is InChI=1S/C17H17ClN4O2S/c1-12(23)24-10-6-5-9-22-11-19-14-15(18)20-17(21-16(14)22)25-13-7-3-2-4-8-13/h2-4,7-8,11H,5-6,9-10H2,1H3. The summed E-state index contributed by atoms with van der Waals surface area (Å²) in [5.41, 5.74) is 1.31. The molecule has 2 aromatic heterocycles. The molecule has 25 heavy (non-hydrogen) atoms. The third-order valence-corrected chi connectivity index (χ3v) is 4.59. The van der Waals surface area contributed by atoms with Crippen molar-refractivity contribution in [3.05, 3.63) is 41.8 Å². The molecule has 0 atom stereocenters. The van der Waals surface area contributed by atoms with Gasteiger partial charge in [0, 0.05) is 18.4 Å². The lowest BCUT2D eigenvalue weighted by molar-refractivity contribution is -0.141. The van der Waals surface area contributed by atoms with E-state index < -0.39 is 0 Å². The first-order valence-electron chi connectivity index (χ1n) is 7.88. The molecule has 0 N–H and O–H groups in total. The van der Waals surface area contributed by atoms with E-state index in [4.69, 9.17) is 16.3 Å². The number of halogens is 1. The van der Waals surface area contributed by atoms with Crippen molar-refractivity contribution in [3.8, 4) is 0 Å². The summed E-state index contributed by atoms with van der Waals surface area (Å²) in [6.45, 7) is 2.56. The lowest BCUT2D eigenvalue weighted by Crippen LogP contribution is -2.03. The third-order valence-electron chi connectivity index (χ3n) is 3.45. The maximum Gasteiger partial charge on any atom is 0.302 e. The summed E-state index contributed by atoms with van der Waals surface area (Å²) in [5, 5.41) is 0.937. The number of aromatic nitrogens is 4. The van der Waals surface area contributed by atoms with Crippen molar-refractivity contribution in [1.82, 2.24) is 19.5 Å². The molecule has 3 rings (SSSR count). The number of carbonyl (C=O) groups excluding carboxylic acids is 1. The Kier molecular flexibility index (Phi) is 5.88. The van der Waals surface area contributed by atoms with E-state index in [9.17, 15) is 4.79 Å². The summed E-state index contributed by atoms with van der Waals surface area (Å²) in [6.07, 6.45) is 3.35. The Morgan fingerprint density at radius 3 is 2.80 bits per heavy atom. The molecular formula is C17H17ClN4O2S. The van der Waals surface area contributed by atoms with Crippen LogP contribution >= 0.6 is 23.4 Å². The maximum absolute atomic E-state index is 10.8. The van der Waals surface area contributed by atoms with Gasteiger partial charge in [-0.05, 0) is 36.7 Å². The molecule has 0 radical (unpaired) electrons. The van der Waals surface area contributed by atoms with Crippen LogP contribution in [0, 0.1) is 0 Å². The smallest absolute Gasteiger partial charge is 0.302 e. The van der Waals surface area contributed by atoms with Gasteiger partial charge >= 0.3 is 5.97 Å². The van der Waals surface area contributed by atoms with Crippen LogP contribution in [0.4, 0.5) is 0 Å². The lowest BCUT2D eigenvalue weighted by Gasteiger charge is -2.06. The summed E-state index contributed by atoms with van der Waals surface area (Å²) in [4.78, 5) is 25.0. The highest BCUT2D eigenvalue weighted by molar-refractivity contribution is 7.99. The average Bonchev–Trinajstić information content (AvgIpc) is 2.99. The van der Waals surface area contributed by atoms with Crippen molar-refractivity contribution < 1.29 is 9.53 Å². The van der Waals surface area contributed by atoms with Crippen molar-refractivity contribution in [2.45, 2.75) is 36.4 Å². The molecule has 2 heterocycles. The van der Waals surface area contributed by atoms with Gasteiger partial charge in [-0.15, -0.1) is 0 Å².